The molecule has 0 spiro atoms. The number of carbonyl (C=O) groups is 6. The second-order valence-electron chi connectivity index (χ2n) is 8.04. The number of nitrogens with zero attached hydrogens (tertiary/aromatic N) is 1. The zero-order valence-electron chi connectivity index (χ0n) is 19.1. The van der Waals surface area contributed by atoms with E-state index in [4.69, 9.17) is 11.5 Å². The van der Waals surface area contributed by atoms with Gasteiger partial charge in [-0.3, -0.25) is 24.0 Å². The molecule has 1 aliphatic rings. The van der Waals surface area contributed by atoms with Gasteiger partial charge in [-0.2, -0.15) is 0 Å². The summed E-state index contributed by atoms with van der Waals surface area (Å²) in [7, 11) is 0. The first-order valence-electron chi connectivity index (χ1n) is 11.0. The lowest BCUT2D eigenvalue weighted by Crippen LogP contribution is -2.58. The zero-order chi connectivity index (χ0) is 25.8. The highest BCUT2D eigenvalue weighted by Crippen LogP contribution is 2.20. The van der Waals surface area contributed by atoms with Gasteiger partial charge < -0.3 is 42.5 Å². The maximum atomic E-state index is 13.1. The molecule has 9 N–H and O–H groups in total. The summed E-state index contributed by atoms with van der Waals surface area (Å²) in [5.41, 5.74) is 10.7. The molecule has 1 fully saturated rings. The summed E-state index contributed by atoms with van der Waals surface area (Å²) in [6.45, 7) is 0.934. The number of primary amides is 1. The number of carboxylic acid groups (broad SMARTS) is 1. The van der Waals surface area contributed by atoms with Crippen LogP contribution in [-0.2, 0) is 28.8 Å². The summed E-state index contributed by atoms with van der Waals surface area (Å²) in [6.07, 6.45) is 1.35. The first-order valence-corrected chi connectivity index (χ1v) is 11.0. The number of unbranched alkanes of at least 4 members (excludes halogenated alkanes) is 1. The van der Waals surface area contributed by atoms with Gasteiger partial charge in [-0.15, -0.1) is 0 Å². The fraction of sp³-hybridized carbons (Fsp3) is 0.700. The smallest absolute Gasteiger partial charge is 0.326 e. The second kappa shape index (κ2) is 14.1. The maximum Gasteiger partial charge on any atom is 0.326 e. The third kappa shape index (κ3) is 8.94. The van der Waals surface area contributed by atoms with Gasteiger partial charge in [0.25, 0.3) is 0 Å². The van der Waals surface area contributed by atoms with E-state index in [1.54, 1.807) is 0 Å². The van der Waals surface area contributed by atoms with Crippen molar-refractivity contribution in [3.05, 3.63) is 0 Å². The minimum Gasteiger partial charge on any atom is -0.480 e. The highest BCUT2D eigenvalue weighted by atomic mass is 16.4. The molecule has 0 aromatic heterocycles. The van der Waals surface area contributed by atoms with Crippen LogP contribution in [0.25, 0.3) is 0 Å². The van der Waals surface area contributed by atoms with Crippen LogP contribution >= 0.6 is 0 Å². The lowest BCUT2D eigenvalue weighted by atomic mass is 10.1. The topological polar surface area (TPSA) is 234 Å². The van der Waals surface area contributed by atoms with Gasteiger partial charge in [-0.1, -0.05) is 0 Å². The number of aliphatic hydroxyl groups is 1. The van der Waals surface area contributed by atoms with E-state index in [0.29, 0.717) is 25.8 Å². The zero-order valence-corrected chi connectivity index (χ0v) is 19.1. The molecule has 14 nitrogen and oxygen atoms in total. The van der Waals surface area contributed by atoms with Crippen LogP contribution in [-0.4, -0.2) is 94.5 Å². The highest BCUT2D eigenvalue weighted by Gasteiger charge is 2.38. The molecule has 4 atom stereocenters. The Morgan fingerprint density at radius 1 is 1.00 bits per heavy atom. The molecule has 1 aliphatic heterocycles. The van der Waals surface area contributed by atoms with Crippen molar-refractivity contribution in [3.8, 4) is 0 Å². The van der Waals surface area contributed by atoms with Gasteiger partial charge in [-0.25, -0.2) is 4.79 Å². The number of aliphatic carboxylic acids is 1. The minimum atomic E-state index is -1.49. The van der Waals surface area contributed by atoms with Gasteiger partial charge in [0.1, 0.15) is 24.2 Å². The number of aliphatic hydroxyl groups excluding tert-OH is 1. The van der Waals surface area contributed by atoms with E-state index in [1.165, 1.54) is 4.90 Å². The Balaban J connectivity index is 3.03. The molecule has 0 bridgehead atoms. The molecule has 0 unspecified atom stereocenters. The van der Waals surface area contributed by atoms with Crippen molar-refractivity contribution < 1.29 is 39.0 Å². The van der Waals surface area contributed by atoms with Crippen LogP contribution in [0.2, 0.25) is 0 Å². The molecule has 0 radical (unpaired) electrons. The summed E-state index contributed by atoms with van der Waals surface area (Å²) in [5, 5.41) is 25.6. The Morgan fingerprint density at radius 3 is 2.15 bits per heavy atom. The molecular formula is C20H34N6O8. The summed E-state index contributed by atoms with van der Waals surface area (Å²) < 4.78 is 0. The molecule has 5 amide bonds. The molecule has 1 heterocycles. The fourth-order valence-electron chi connectivity index (χ4n) is 3.63. The van der Waals surface area contributed by atoms with Crippen LogP contribution in [0.15, 0.2) is 0 Å². The number of likely N-dealkylation sites (tertiary alicyclic amines) is 1. The molecule has 0 aromatic carbocycles. The summed E-state index contributed by atoms with van der Waals surface area (Å²) in [6, 6.07) is -4.99. The molecular weight excluding hydrogens is 452 g/mol. The van der Waals surface area contributed by atoms with Crippen LogP contribution in [0.3, 0.4) is 0 Å². The van der Waals surface area contributed by atoms with E-state index in [2.05, 4.69) is 16.0 Å². The maximum absolute atomic E-state index is 13.1. The quantitative estimate of drug-likeness (QED) is 0.121. The average Bonchev–Trinajstić information content (AvgIpc) is 3.25. The van der Waals surface area contributed by atoms with Gasteiger partial charge in [0.05, 0.1) is 13.0 Å². The van der Waals surface area contributed by atoms with Gasteiger partial charge in [0.15, 0.2) is 0 Å². The van der Waals surface area contributed by atoms with Crippen LogP contribution in [0.1, 0.15) is 45.4 Å². The molecule has 192 valence electrons. The van der Waals surface area contributed by atoms with Gasteiger partial charge >= 0.3 is 5.97 Å². The molecule has 1 saturated heterocycles. The largest absolute Gasteiger partial charge is 0.480 e. The van der Waals surface area contributed by atoms with Crippen molar-refractivity contribution in [1.82, 2.24) is 20.9 Å². The van der Waals surface area contributed by atoms with Crippen LogP contribution < -0.4 is 27.4 Å². The first-order chi connectivity index (χ1) is 16.0. The normalized spacial score (nSPS) is 17.9. The number of amides is 5. The summed E-state index contributed by atoms with van der Waals surface area (Å²) in [5.74, 6) is -5.10. The summed E-state index contributed by atoms with van der Waals surface area (Å²) >= 11 is 0. The third-order valence-electron chi connectivity index (χ3n) is 5.30. The summed E-state index contributed by atoms with van der Waals surface area (Å²) in [4.78, 5) is 73.8. The van der Waals surface area contributed by atoms with Crippen LogP contribution in [0.5, 0.6) is 0 Å². The predicted octanol–water partition coefficient (Wildman–Crippen LogP) is -3.47. The van der Waals surface area contributed by atoms with Gasteiger partial charge in [0, 0.05) is 13.5 Å². The molecule has 14 heteroatoms. The third-order valence-corrected chi connectivity index (χ3v) is 5.30. The predicted molar refractivity (Wildman–Crippen MR) is 118 cm³/mol. The Bertz CT molecular complexity index is 776. The number of hydrogen-bond donors (Lipinski definition) is 7. The van der Waals surface area contributed by atoms with Crippen molar-refractivity contribution in [1.29, 1.82) is 0 Å². The lowest BCUT2D eigenvalue weighted by Gasteiger charge is -2.29. The number of nitrogens with one attached hydrogen (secondary N) is 3. The van der Waals surface area contributed by atoms with E-state index in [1.807, 2.05) is 0 Å². The number of carboxylic acids is 1. The van der Waals surface area contributed by atoms with Crippen molar-refractivity contribution in [2.45, 2.75) is 69.6 Å². The Kier molecular flexibility index (Phi) is 11.9. The van der Waals surface area contributed by atoms with Crippen molar-refractivity contribution in [2.24, 2.45) is 11.5 Å². The SMILES string of the molecule is CC(=O)N[C@@H](CO)C(=O)N[C@@H](CC(N)=O)C(=O)N[C@@H](CCCCN)C(=O)N1CCC[C@H]1C(=O)O. The standard InChI is InChI=1S/C20H34N6O8/c1-11(28)23-14(10-27)18(31)25-13(9-16(22)29)17(30)24-12(5-2-3-7-21)19(32)26-8-4-6-15(26)20(33)34/h12-15,27H,2-10,21H2,1H3,(H2,22,29)(H,23,28)(H,24,30)(H,25,31)(H,33,34)/t12-,13-,14-,15-/m0/s1. The molecule has 0 aliphatic carbocycles. The minimum absolute atomic E-state index is 0.160. The van der Waals surface area contributed by atoms with E-state index < -0.39 is 72.7 Å². The van der Waals surface area contributed by atoms with Crippen molar-refractivity contribution in [2.75, 3.05) is 19.7 Å². The highest BCUT2D eigenvalue weighted by molar-refractivity contribution is 5.96. The molecule has 34 heavy (non-hydrogen) atoms. The number of nitrogens with two attached hydrogens (primary N) is 2. The fourth-order valence-corrected chi connectivity index (χ4v) is 3.63. The molecule has 1 rings (SSSR count). The Labute approximate surface area is 196 Å². The number of rotatable bonds is 14. The average molecular weight is 487 g/mol. The van der Waals surface area contributed by atoms with E-state index in [9.17, 15) is 39.0 Å². The lowest BCUT2D eigenvalue weighted by molar-refractivity contribution is -0.149. The number of carbonyl (C=O) groups excluding carboxylic acids is 5. The van der Waals surface area contributed by atoms with Gasteiger partial charge in [0.2, 0.25) is 29.5 Å². The van der Waals surface area contributed by atoms with Crippen LogP contribution in [0, 0.1) is 0 Å². The van der Waals surface area contributed by atoms with E-state index in [-0.39, 0.29) is 19.4 Å². The first kappa shape index (κ1) is 28.8. The molecule has 0 saturated carbocycles. The second-order valence-corrected chi connectivity index (χ2v) is 8.04. The Morgan fingerprint density at radius 2 is 1.62 bits per heavy atom. The Hall–Kier alpha value is -3.26. The van der Waals surface area contributed by atoms with Crippen LogP contribution in [0.4, 0.5) is 0 Å². The monoisotopic (exact) mass is 486 g/mol. The van der Waals surface area contributed by atoms with E-state index >= 15 is 0 Å². The van der Waals surface area contributed by atoms with Crippen molar-refractivity contribution in [3.63, 3.8) is 0 Å². The molecule has 0 aromatic rings. The van der Waals surface area contributed by atoms with Crippen molar-refractivity contribution >= 4 is 35.5 Å². The van der Waals surface area contributed by atoms with E-state index in [0.717, 1.165) is 6.92 Å². The number of hydrogen-bond acceptors (Lipinski definition) is 8. The van der Waals surface area contributed by atoms with Gasteiger partial charge in [-0.05, 0) is 38.6 Å².